The van der Waals surface area contributed by atoms with Crippen LogP contribution < -0.4 is 10.6 Å². The third kappa shape index (κ3) is 5.75. The van der Waals surface area contributed by atoms with Crippen LogP contribution in [0.5, 0.6) is 0 Å². The number of benzene rings is 3. The van der Waals surface area contributed by atoms with E-state index in [4.69, 9.17) is 4.74 Å². The normalized spacial score (nSPS) is 12.9. The molecule has 1 amide bonds. The molecule has 0 saturated carbocycles. The first-order valence-corrected chi connectivity index (χ1v) is 12.4. The second kappa shape index (κ2) is 10.6. The van der Waals surface area contributed by atoms with Crippen LogP contribution in [0, 0.1) is 11.6 Å². The predicted molar refractivity (Wildman–Crippen MR) is 134 cm³/mol. The topological polar surface area (TPSA) is 96.1 Å². The van der Waals surface area contributed by atoms with E-state index < -0.39 is 28.3 Å². The Bertz CT molecular complexity index is 1410. The van der Waals surface area contributed by atoms with Crippen molar-refractivity contribution in [3.63, 3.8) is 0 Å². The van der Waals surface area contributed by atoms with E-state index in [2.05, 4.69) is 36.8 Å². The summed E-state index contributed by atoms with van der Waals surface area (Å²) in [5.74, 6) is -1.81. The zero-order valence-electron chi connectivity index (χ0n) is 18.7. The van der Waals surface area contributed by atoms with Crippen molar-refractivity contribution in [2.45, 2.75) is 22.8 Å². The fourth-order valence-corrected chi connectivity index (χ4v) is 5.03. The van der Waals surface area contributed by atoms with Gasteiger partial charge in [-0.15, -0.1) is 0 Å². The van der Waals surface area contributed by atoms with Gasteiger partial charge in [-0.05, 0) is 55.5 Å². The first-order valence-electron chi connectivity index (χ1n) is 10.5. The lowest BCUT2D eigenvalue weighted by Crippen LogP contribution is -2.23. The number of nitrogens with zero attached hydrogens (tertiary/aromatic N) is 1. The highest BCUT2D eigenvalue weighted by atomic mass is 79.9. The molecule has 35 heavy (non-hydrogen) atoms. The Balaban J connectivity index is 1.63. The van der Waals surface area contributed by atoms with Crippen LogP contribution in [0.1, 0.15) is 17.3 Å². The number of halogens is 3. The number of anilines is 2. The van der Waals surface area contributed by atoms with E-state index in [9.17, 15) is 17.8 Å². The molecule has 1 aromatic heterocycles. The van der Waals surface area contributed by atoms with E-state index in [0.29, 0.717) is 33.7 Å². The maximum atomic E-state index is 13.6. The van der Waals surface area contributed by atoms with Crippen LogP contribution in [0.2, 0.25) is 0 Å². The van der Waals surface area contributed by atoms with E-state index in [-0.39, 0.29) is 16.8 Å². The Labute approximate surface area is 210 Å². The highest BCUT2D eigenvalue weighted by molar-refractivity contribution is 9.10. The number of aromatic nitrogens is 2. The summed E-state index contributed by atoms with van der Waals surface area (Å²) in [6.07, 6.45) is 0. The molecule has 0 aliphatic heterocycles. The number of hydrogen-bond donors (Lipinski definition) is 3. The lowest BCUT2D eigenvalue weighted by atomic mass is 10.1. The van der Waals surface area contributed by atoms with Gasteiger partial charge < -0.3 is 15.4 Å². The number of carbonyl (C=O) groups is 1. The van der Waals surface area contributed by atoms with Crippen LogP contribution in [-0.4, -0.2) is 40.1 Å². The van der Waals surface area contributed by atoms with Gasteiger partial charge in [-0.1, -0.05) is 15.9 Å². The van der Waals surface area contributed by atoms with Crippen molar-refractivity contribution >= 4 is 55.0 Å². The van der Waals surface area contributed by atoms with Crippen LogP contribution in [-0.2, 0) is 15.5 Å². The van der Waals surface area contributed by atoms with Gasteiger partial charge in [-0.25, -0.2) is 13.0 Å². The van der Waals surface area contributed by atoms with Gasteiger partial charge in [0.2, 0.25) is 0 Å². The number of fused-ring (bicyclic) bond motifs is 1. The maximum absolute atomic E-state index is 13.6. The first kappa shape index (κ1) is 25.0. The molecule has 0 saturated heterocycles. The first-order chi connectivity index (χ1) is 16.7. The van der Waals surface area contributed by atoms with E-state index in [1.807, 2.05) is 6.92 Å². The second-order valence-electron chi connectivity index (χ2n) is 7.80. The average Bonchev–Trinajstić information content (AvgIpc) is 3.20. The zero-order valence-corrected chi connectivity index (χ0v) is 21.1. The second-order valence-corrected chi connectivity index (χ2v) is 10.2. The van der Waals surface area contributed by atoms with E-state index in [0.717, 1.165) is 22.7 Å². The van der Waals surface area contributed by atoms with E-state index >= 15 is 0 Å². The molecule has 7 nitrogen and oxygen atoms in total. The summed E-state index contributed by atoms with van der Waals surface area (Å²) < 4.78 is 46.1. The number of H-pyrrole nitrogens is 1. The Kier molecular flexibility index (Phi) is 7.58. The molecule has 0 spiro atoms. The quantitative estimate of drug-likeness (QED) is 0.264. The molecule has 4 aromatic rings. The van der Waals surface area contributed by atoms with Crippen LogP contribution >= 0.6 is 15.9 Å². The fraction of sp³-hybridized carbons (Fsp3) is 0.167. The van der Waals surface area contributed by atoms with Gasteiger partial charge in [0.05, 0.1) is 28.5 Å². The largest absolute Gasteiger partial charge is 0.383 e. The Hall–Kier alpha value is -3.15. The minimum absolute atomic E-state index is 0.00770. The number of amides is 1. The highest BCUT2D eigenvalue weighted by Crippen LogP contribution is 2.28. The van der Waals surface area contributed by atoms with Crippen molar-refractivity contribution in [1.82, 2.24) is 10.2 Å². The van der Waals surface area contributed by atoms with E-state index in [1.54, 1.807) is 43.5 Å². The molecule has 0 radical (unpaired) electrons. The summed E-state index contributed by atoms with van der Waals surface area (Å²) in [6.45, 7) is 2.38. The molecule has 2 unspecified atom stereocenters. The molecule has 0 aliphatic carbocycles. The van der Waals surface area contributed by atoms with Gasteiger partial charge in [0.1, 0.15) is 11.6 Å². The van der Waals surface area contributed by atoms with Crippen molar-refractivity contribution in [3.05, 3.63) is 76.3 Å². The lowest BCUT2D eigenvalue weighted by molar-refractivity contribution is 0.102. The number of nitrogens with one attached hydrogen (secondary N) is 3. The molecule has 11 heteroatoms. The SMILES string of the molecule is COCC(C)Nc1cc(Br)ccc1C(=O)Nc1n[nH]c2ccc(S(=O)c3cc(F)cc(F)c3)cc12. The van der Waals surface area contributed by atoms with Gasteiger partial charge in [0, 0.05) is 44.6 Å². The van der Waals surface area contributed by atoms with Gasteiger partial charge >= 0.3 is 0 Å². The molecule has 0 aliphatic rings. The summed E-state index contributed by atoms with van der Waals surface area (Å²) in [5, 5.41) is 13.5. The fourth-order valence-electron chi connectivity index (χ4n) is 3.54. The number of ether oxygens (including phenoxy) is 1. The number of rotatable bonds is 8. The van der Waals surface area contributed by atoms with Crippen LogP contribution in [0.25, 0.3) is 10.9 Å². The average molecular weight is 563 g/mol. The lowest BCUT2D eigenvalue weighted by Gasteiger charge is -2.17. The smallest absolute Gasteiger partial charge is 0.258 e. The van der Waals surface area contributed by atoms with Gasteiger partial charge in [-0.3, -0.25) is 9.89 Å². The minimum Gasteiger partial charge on any atom is -0.383 e. The summed E-state index contributed by atoms with van der Waals surface area (Å²) >= 11 is 3.42. The molecule has 4 rings (SSSR count). The summed E-state index contributed by atoms with van der Waals surface area (Å²) in [5.41, 5.74) is 1.59. The molecule has 3 N–H and O–H groups in total. The maximum Gasteiger partial charge on any atom is 0.258 e. The molecule has 3 aromatic carbocycles. The summed E-state index contributed by atoms with van der Waals surface area (Å²) in [4.78, 5) is 13.4. The molecule has 1 heterocycles. The van der Waals surface area contributed by atoms with Crippen molar-refractivity contribution < 1.29 is 22.5 Å². The molecule has 0 bridgehead atoms. The minimum atomic E-state index is -1.84. The van der Waals surface area contributed by atoms with Crippen molar-refractivity contribution in [1.29, 1.82) is 0 Å². The number of carbonyl (C=O) groups excluding carboxylic acids is 1. The predicted octanol–water partition coefficient (Wildman–Crippen LogP) is 5.47. The standard InChI is InChI=1S/C24H21BrF2N4O3S/c1-13(12-34-2)28-22-7-14(25)3-5-19(22)24(32)29-23-20-11-17(4-6-21(20)30-31-23)35(33)18-9-15(26)8-16(27)10-18/h3-11,13,28H,12H2,1-2H3,(H2,29,30,31,32). The van der Waals surface area contributed by atoms with Gasteiger partial charge in [0.15, 0.2) is 5.82 Å². The Morgan fingerprint density at radius 2 is 1.86 bits per heavy atom. The monoisotopic (exact) mass is 562 g/mol. The van der Waals surface area contributed by atoms with Crippen molar-refractivity contribution in [2.24, 2.45) is 0 Å². The Morgan fingerprint density at radius 3 is 2.57 bits per heavy atom. The highest BCUT2D eigenvalue weighted by Gasteiger charge is 2.18. The molecule has 182 valence electrons. The number of hydrogen-bond acceptors (Lipinski definition) is 5. The third-order valence-electron chi connectivity index (χ3n) is 5.08. The summed E-state index contributed by atoms with van der Waals surface area (Å²) in [6, 6.07) is 12.7. The zero-order chi connectivity index (χ0) is 25.1. The van der Waals surface area contributed by atoms with Crippen molar-refractivity contribution in [2.75, 3.05) is 24.4 Å². The van der Waals surface area contributed by atoms with Crippen LogP contribution in [0.4, 0.5) is 20.3 Å². The van der Waals surface area contributed by atoms with E-state index in [1.165, 1.54) is 0 Å². The third-order valence-corrected chi connectivity index (χ3v) is 6.91. The van der Waals surface area contributed by atoms with Gasteiger partial charge in [0.25, 0.3) is 5.91 Å². The van der Waals surface area contributed by atoms with Crippen LogP contribution in [0.15, 0.2) is 68.9 Å². The molecular weight excluding hydrogens is 542 g/mol. The van der Waals surface area contributed by atoms with Crippen molar-refractivity contribution in [3.8, 4) is 0 Å². The molecular formula is C24H21BrF2N4O3S. The number of methoxy groups -OCH3 is 1. The molecule has 0 fully saturated rings. The van der Waals surface area contributed by atoms with Gasteiger partial charge in [-0.2, -0.15) is 5.10 Å². The molecule has 2 atom stereocenters. The Morgan fingerprint density at radius 1 is 1.11 bits per heavy atom. The number of aromatic amines is 1. The summed E-state index contributed by atoms with van der Waals surface area (Å²) in [7, 11) is -0.242. The van der Waals surface area contributed by atoms with Crippen LogP contribution in [0.3, 0.4) is 0 Å².